The summed E-state index contributed by atoms with van der Waals surface area (Å²) in [6, 6.07) is 9.62. The van der Waals surface area contributed by atoms with E-state index in [0.717, 1.165) is 19.4 Å². The summed E-state index contributed by atoms with van der Waals surface area (Å²) in [6.45, 7) is 2.60. The number of rotatable bonds is 3. The molecule has 3 aromatic rings. The molecule has 27 heavy (non-hydrogen) atoms. The maximum atomic E-state index is 13.4. The van der Waals surface area contributed by atoms with Gasteiger partial charge in [-0.1, -0.05) is 11.6 Å². The monoisotopic (exact) mass is 384 g/mol. The number of nitrogens with one attached hydrogen (secondary N) is 1. The third-order valence-electron chi connectivity index (χ3n) is 4.84. The SMILES string of the molecule is Cc1cc([N+](=O)[O-])cc2c(=O)n(-c3ccc(Cl)cc3)c(C3CCCN3)nc12. The van der Waals surface area contributed by atoms with Crippen LogP contribution in [-0.4, -0.2) is 21.0 Å². The highest BCUT2D eigenvalue weighted by Gasteiger charge is 2.25. The van der Waals surface area contributed by atoms with Gasteiger partial charge in [-0.3, -0.25) is 19.5 Å². The largest absolute Gasteiger partial charge is 0.307 e. The topological polar surface area (TPSA) is 90.1 Å². The zero-order chi connectivity index (χ0) is 19.1. The van der Waals surface area contributed by atoms with Crippen molar-refractivity contribution < 1.29 is 4.92 Å². The molecule has 138 valence electrons. The van der Waals surface area contributed by atoms with Crippen LogP contribution in [0.3, 0.4) is 0 Å². The highest BCUT2D eigenvalue weighted by atomic mass is 35.5. The van der Waals surface area contributed by atoms with Crippen molar-refractivity contribution in [3.8, 4) is 5.69 Å². The number of hydrogen-bond donors (Lipinski definition) is 1. The van der Waals surface area contributed by atoms with Crippen molar-refractivity contribution in [3.05, 3.63) is 73.3 Å². The van der Waals surface area contributed by atoms with Gasteiger partial charge in [-0.2, -0.15) is 0 Å². The van der Waals surface area contributed by atoms with Crippen LogP contribution < -0.4 is 10.9 Å². The molecule has 0 spiro atoms. The first-order valence-electron chi connectivity index (χ1n) is 8.67. The summed E-state index contributed by atoms with van der Waals surface area (Å²) in [5.74, 6) is 0.615. The molecule has 1 saturated heterocycles. The van der Waals surface area contributed by atoms with Gasteiger partial charge in [0, 0.05) is 17.2 Å². The second-order valence-corrected chi connectivity index (χ2v) is 7.09. The Labute approximate surface area is 159 Å². The molecular formula is C19H17ClN4O3. The van der Waals surface area contributed by atoms with Crippen LogP contribution in [-0.2, 0) is 0 Å². The van der Waals surface area contributed by atoms with Crippen LogP contribution in [0.4, 0.5) is 5.69 Å². The van der Waals surface area contributed by atoms with Crippen LogP contribution in [0, 0.1) is 17.0 Å². The second kappa shape index (κ2) is 6.75. The first-order chi connectivity index (χ1) is 13.0. The highest BCUT2D eigenvalue weighted by molar-refractivity contribution is 6.30. The Hall–Kier alpha value is -2.77. The normalized spacial score (nSPS) is 16.7. The summed E-state index contributed by atoms with van der Waals surface area (Å²) in [4.78, 5) is 28.9. The maximum Gasteiger partial charge on any atom is 0.270 e. The van der Waals surface area contributed by atoms with Crippen molar-refractivity contribution in [1.29, 1.82) is 0 Å². The van der Waals surface area contributed by atoms with Crippen molar-refractivity contribution in [2.24, 2.45) is 0 Å². The predicted molar refractivity (Wildman–Crippen MR) is 104 cm³/mol. The molecule has 8 heteroatoms. The number of nitro benzene ring substituents is 1. The summed E-state index contributed by atoms with van der Waals surface area (Å²) in [7, 11) is 0. The van der Waals surface area contributed by atoms with E-state index in [2.05, 4.69) is 5.32 Å². The average Bonchev–Trinajstić information content (AvgIpc) is 3.17. The number of fused-ring (bicyclic) bond motifs is 1. The third-order valence-corrected chi connectivity index (χ3v) is 5.09. The summed E-state index contributed by atoms with van der Waals surface area (Å²) < 4.78 is 1.53. The predicted octanol–water partition coefficient (Wildman–Crippen LogP) is 3.68. The van der Waals surface area contributed by atoms with Crippen LogP contribution in [0.1, 0.15) is 30.3 Å². The Morgan fingerprint density at radius 2 is 2.04 bits per heavy atom. The number of non-ortho nitro benzene ring substituents is 1. The molecule has 0 aliphatic carbocycles. The Bertz CT molecular complexity index is 1100. The van der Waals surface area contributed by atoms with Crippen LogP contribution >= 0.6 is 11.6 Å². The molecule has 0 saturated carbocycles. The van der Waals surface area contributed by atoms with Crippen LogP contribution in [0.15, 0.2) is 41.2 Å². The van der Waals surface area contributed by atoms with E-state index in [-0.39, 0.29) is 22.7 Å². The molecule has 7 nitrogen and oxygen atoms in total. The molecule has 1 aromatic heterocycles. The van der Waals surface area contributed by atoms with Crippen LogP contribution in [0.2, 0.25) is 5.02 Å². The summed E-state index contributed by atoms with van der Waals surface area (Å²) in [6.07, 6.45) is 1.87. The lowest BCUT2D eigenvalue weighted by molar-refractivity contribution is -0.384. The fraction of sp³-hybridized carbons (Fsp3) is 0.263. The minimum atomic E-state index is -0.495. The Kier molecular flexibility index (Phi) is 4.41. The lowest BCUT2D eigenvalue weighted by Gasteiger charge is -2.19. The minimum absolute atomic E-state index is 0.0487. The van der Waals surface area contributed by atoms with E-state index in [0.29, 0.717) is 27.6 Å². The standard InChI is InChI=1S/C19H17ClN4O3/c1-11-9-14(24(26)27)10-15-17(11)22-18(16-3-2-8-21-16)23(19(15)25)13-6-4-12(20)5-7-13/h4-7,9-10,16,21H,2-3,8H2,1H3. The van der Waals surface area contributed by atoms with E-state index in [4.69, 9.17) is 16.6 Å². The van der Waals surface area contributed by atoms with E-state index < -0.39 is 4.92 Å². The first kappa shape index (κ1) is 17.6. The van der Waals surface area contributed by atoms with Crippen molar-refractivity contribution in [3.63, 3.8) is 0 Å². The number of nitro groups is 1. The number of aryl methyl sites for hydroxylation is 1. The Morgan fingerprint density at radius 1 is 1.30 bits per heavy atom. The van der Waals surface area contributed by atoms with Gasteiger partial charge in [0.2, 0.25) is 0 Å². The number of benzene rings is 2. The molecule has 4 rings (SSSR count). The Balaban J connectivity index is 2.07. The summed E-state index contributed by atoms with van der Waals surface area (Å²) in [5, 5.41) is 15.4. The molecule has 0 bridgehead atoms. The molecule has 1 aliphatic heterocycles. The van der Waals surface area contributed by atoms with Crippen LogP contribution in [0.5, 0.6) is 0 Å². The van der Waals surface area contributed by atoms with Gasteiger partial charge in [-0.05, 0) is 56.1 Å². The van der Waals surface area contributed by atoms with Gasteiger partial charge in [-0.25, -0.2) is 4.98 Å². The molecule has 1 fully saturated rings. The zero-order valence-electron chi connectivity index (χ0n) is 14.6. The Morgan fingerprint density at radius 3 is 2.67 bits per heavy atom. The van der Waals surface area contributed by atoms with Gasteiger partial charge in [0.1, 0.15) is 5.82 Å². The smallest absolute Gasteiger partial charge is 0.270 e. The fourth-order valence-electron chi connectivity index (χ4n) is 3.54. The number of hydrogen-bond acceptors (Lipinski definition) is 5. The lowest BCUT2D eigenvalue weighted by atomic mass is 10.1. The van der Waals surface area contributed by atoms with Crippen molar-refractivity contribution in [1.82, 2.24) is 14.9 Å². The number of nitrogens with zero attached hydrogens (tertiary/aromatic N) is 3. The lowest BCUT2D eigenvalue weighted by Crippen LogP contribution is -2.29. The molecule has 0 amide bonds. The van der Waals surface area contributed by atoms with Crippen LogP contribution in [0.25, 0.3) is 16.6 Å². The number of aromatic nitrogens is 2. The van der Waals surface area contributed by atoms with Gasteiger partial charge in [-0.15, -0.1) is 0 Å². The third kappa shape index (κ3) is 3.09. The molecule has 2 aromatic carbocycles. The van der Waals surface area contributed by atoms with Gasteiger partial charge in [0.25, 0.3) is 11.2 Å². The first-order valence-corrected chi connectivity index (χ1v) is 9.04. The molecular weight excluding hydrogens is 368 g/mol. The zero-order valence-corrected chi connectivity index (χ0v) is 15.4. The fourth-order valence-corrected chi connectivity index (χ4v) is 3.67. The van der Waals surface area contributed by atoms with E-state index >= 15 is 0 Å². The maximum absolute atomic E-state index is 13.4. The molecule has 2 heterocycles. The summed E-state index contributed by atoms with van der Waals surface area (Å²) >= 11 is 5.99. The molecule has 1 aliphatic rings. The van der Waals surface area contributed by atoms with Gasteiger partial charge < -0.3 is 5.32 Å². The van der Waals surface area contributed by atoms with E-state index in [1.165, 1.54) is 16.7 Å². The average molecular weight is 385 g/mol. The van der Waals surface area contributed by atoms with E-state index in [9.17, 15) is 14.9 Å². The number of halogens is 1. The highest BCUT2D eigenvalue weighted by Crippen LogP contribution is 2.28. The minimum Gasteiger partial charge on any atom is -0.307 e. The molecule has 1 unspecified atom stereocenters. The quantitative estimate of drug-likeness (QED) is 0.549. The van der Waals surface area contributed by atoms with Gasteiger partial charge in [0.05, 0.1) is 27.6 Å². The van der Waals surface area contributed by atoms with Gasteiger partial charge in [0.15, 0.2) is 0 Å². The van der Waals surface area contributed by atoms with Crippen molar-refractivity contribution in [2.75, 3.05) is 6.54 Å². The van der Waals surface area contributed by atoms with E-state index in [1.54, 1.807) is 31.2 Å². The molecule has 1 atom stereocenters. The second-order valence-electron chi connectivity index (χ2n) is 6.65. The molecule has 0 radical (unpaired) electrons. The van der Waals surface area contributed by atoms with Crippen molar-refractivity contribution in [2.45, 2.75) is 25.8 Å². The van der Waals surface area contributed by atoms with E-state index in [1.807, 2.05) is 0 Å². The summed E-state index contributed by atoms with van der Waals surface area (Å²) in [5.41, 5.74) is 1.30. The van der Waals surface area contributed by atoms with Crippen molar-refractivity contribution >= 4 is 28.2 Å². The van der Waals surface area contributed by atoms with Gasteiger partial charge >= 0.3 is 0 Å². The molecule has 1 N–H and O–H groups in total.